The number of nitrogens with zero attached hydrogens (tertiary/aromatic N) is 4. The molecule has 2 N–H and O–H groups in total. The molecular weight excluding hydrogens is 420 g/mol. The summed E-state index contributed by atoms with van der Waals surface area (Å²) in [5.74, 6) is 0.410. The SMILES string of the molecule is Cc1ccc2[nH]c(CNC(=O)N([C@@H]3CCCN(C(=O)Cc4ncco4)C3)N3CCC3)cc2c1. The number of carbonyl (C=O) groups excluding carboxylic acids is 2. The van der Waals surface area contributed by atoms with Crippen molar-refractivity contribution < 1.29 is 14.0 Å². The Morgan fingerprint density at radius 2 is 2.12 bits per heavy atom. The van der Waals surface area contributed by atoms with Gasteiger partial charge in [-0.3, -0.25) is 9.80 Å². The second kappa shape index (κ2) is 9.27. The lowest BCUT2D eigenvalue weighted by atomic mass is 10.0. The molecule has 3 aromatic rings. The second-order valence-corrected chi connectivity index (χ2v) is 8.93. The van der Waals surface area contributed by atoms with Crippen LogP contribution in [-0.2, 0) is 17.8 Å². The molecule has 5 rings (SSSR count). The lowest BCUT2D eigenvalue weighted by molar-refractivity contribution is -0.136. The van der Waals surface area contributed by atoms with Crippen LogP contribution in [0.4, 0.5) is 4.79 Å². The first kappa shape index (κ1) is 21.5. The van der Waals surface area contributed by atoms with Gasteiger partial charge in [-0.2, -0.15) is 0 Å². The number of rotatable bonds is 6. The number of hydrogen-bond acceptors (Lipinski definition) is 5. The fraction of sp³-hybridized carbons (Fsp3) is 0.458. The number of urea groups is 1. The molecule has 0 bridgehead atoms. The van der Waals surface area contributed by atoms with Gasteiger partial charge in [-0.15, -0.1) is 0 Å². The summed E-state index contributed by atoms with van der Waals surface area (Å²) in [5.41, 5.74) is 3.25. The molecule has 4 heterocycles. The van der Waals surface area contributed by atoms with Gasteiger partial charge in [0, 0.05) is 37.4 Å². The highest BCUT2D eigenvalue weighted by atomic mass is 16.3. The molecule has 174 valence electrons. The lowest BCUT2D eigenvalue weighted by Crippen LogP contribution is -2.63. The van der Waals surface area contributed by atoms with Gasteiger partial charge in [0.25, 0.3) is 0 Å². The van der Waals surface area contributed by atoms with E-state index in [9.17, 15) is 9.59 Å². The van der Waals surface area contributed by atoms with Crippen LogP contribution >= 0.6 is 0 Å². The van der Waals surface area contributed by atoms with Crippen molar-refractivity contribution >= 4 is 22.8 Å². The van der Waals surface area contributed by atoms with E-state index in [4.69, 9.17) is 4.42 Å². The number of oxazole rings is 1. The van der Waals surface area contributed by atoms with E-state index < -0.39 is 0 Å². The summed E-state index contributed by atoms with van der Waals surface area (Å²) in [6, 6.07) is 8.20. The quantitative estimate of drug-likeness (QED) is 0.602. The van der Waals surface area contributed by atoms with Gasteiger partial charge >= 0.3 is 6.03 Å². The Hall–Kier alpha value is -3.33. The zero-order valence-electron chi connectivity index (χ0n) is 18.9. The Bertz CT molecular complexity index is 1120. The highest BCUT2D eigenvalue weighted by molar-refractivity contribution is 5.81. The Balaban J connectivity index is 1.24. The summed E-state index contributed by atoms with van der Waals surface area (Å²) >= 11 is 0. The van der Waals surface area contributed by atoms with E-state index in [0.29, 0.717) is 25.5 Å². The summed E-state index contributed by atoms with van der Waals surface area (Å²) < 4.78 is 5.23. The van der Waals surface area contributed by atoms with Crippen molar-refractivity contribution in [3.8, 4) is 0 Å². The van der Waals surface area contributed by atoms with Gasteiger partial charge in [0.1, 0.15) is 12.7 Å². The van der Waals surface area contributed by atoms with Crippen LogP contribution in [0.1, 0.15) is 36.4 Å². The van der Waals surface area contributed by atoms with Gasteiger partial charge < -0.3 is 19.6 Å². The van der Waals surface area contributed by atoms with E-state index in [1.165, 1.54) is 11.8 Å². The van der Waals surface area contributed by atoms with Gasteiger partial charge in [-0.05, 0) is 49.8 Å². The van der Waals surface area contributed by atoms with Crippen molar-refractivity contribution in [3.63, 3.8) is 0 Å². The highest BCUT2D eigenvalue weighted by Crippen LogP contribution is 2.23. The fourth-order valence-corrected chi connectivity index (χ4v) is 4.66. The van der Waals surface area contributed by atoms with Crippen molar-refractivity contribution in [2.24, 2.45) is 0 Å². The van der Waals surface area contributed by atoms with Crippen LogP contribution in [0.3, 0.4) is 0 Å². The molecule has 1 aromatic carbocycles. The molecule has 2 aliphatic rings. The molecule has 0 unspecified atom stereocenters. The average Bonchev–Trinajstić information content (AvgIpc) is 3.43. The Morgan fingerprint density at radius 3 is 2.88 bits per heavy atom. The minimum Gasteiger partial charge on any atom is -0.448 e. The Kier molecular flexibility index (Phi) is 6.04. The Morgan fingerprint density at radius 1 is 1.24 bits per heavy atom. The minimum absolute atomic E-state index is 0.0144. The number of aryl methyl sites for hydroxylation is 1. The predicted octanol–water partition coefficient (Wildman–Crippen LogP) is 2.83. The number of piperidine rings is 1. The molecule has 2 aromatic heterocycles. The van der Waals surface area contributed by atoms with Crippen molar-refractivity contribution in [2.75, 3.05) is 26.2 Å². The topological polar surface area (TPSA) is 97.7 Å². The molecule has 0 aliphatic carbocycles. The van der Waals surface area contributed by atoms with Gasteiger partial charge in [0.15, 0.2) is 0 Å². The summed E-state index contributed by atoms with van der Waals surface area (Å²) in [4.78, 5) is 35.3. The van der Waals surface area contributed by atoms with E-state index in [-0.39, 0.29) is 24.4 Å². The van der Waals surface area contributed by atoms with Crippen LogP contribution in [0.15, 0.2) is 41.1 Å². The number of amides is 3. The summed E-state index contributed by atoms with van der Waals surface area (Å²) in [6.45, 7) is 5.44. The number of hydrazine groups is 1. The van der Waals surface area contributed by atoms with E-state index in [2.05, 4.69) is 51.5 Å². The predicted molar refractivity (Wildman–Crippen MR) is 123 cm³/mol. The molecule has 2 fully saturated rings. The van der Waals surface area contributed by atoms with E-state index >= 15 is 0 Å². The van der Waals surface area contributed by atoms with E-state index in [1.54, 1.807) is 6.20 Å². The molecule has 33 heavy (non-hydrogen) atoms. The molecule has 0 saturated carbocycles. The van der Waals surface area contributed by atoms with Crippen molar-refractivity contribution in [1.82, 2.24) is 30.2 Å². The van der Waals surface area contributed by atoms with Crippen molar-refractivity contribution in [1.29, 1.82) is 0 Å². The first-order valence-corrected chi connectivity index (χ1v) is 11.6. The first-order chi connectivity index (χ1) is 16.1. The first-order valence-electron chi connectivity index (χ1n) is 11.6. The lowest BCUT2D eigenvalue weighted by Gasteiger charge is -2.47. The molecule has 2 aliphatic heterocycles. The van der Waals surface area contributed by atoms with E-state index in [1.807, 2.05) is 9.91 Å². The molecule has 9 heteroatoms. The van der Waals surface area contributed by atoms with Crippen LogP contribution in [0.2, 0.25) is 0 Å². The monoisotopic (exact) mass is 450 g/mol. The number of benzene rings is 1. The molecule has 2 saturated heterocycles. The van der Waals surface area contributed by atoms with E-state index in [0.717, 1.165) is 48.9 Å². The highest BCUT2D eigenvalue weighted by Gasteiger charge is 2.36. The number of nitrogens with one attached hydrogen (secondary N) is 2. The molecular formula is C24H30N6O3. The molecule has 1 atom stereocenters. The smallest absolute Gasteiger partial charge is 0.332 e. The number of aromatic amines is 1. The van der Waals surface area contributed by atoms with Gasteiger partial charge in [-0.1, -0.05) is 11.6 Å². The third-order valence-electron chi connectivity index (χ3n) is 6.49. The van der Waals surface area contributed by atoms with Crippen LogP contribution < -0.4 is 5.32 Å². The normalized spacial score (nSPS) is 18.8. The number of aromatic nitrogens is 2. The summed E-state index contributed by atoms with van der Waals surface area (Å²) in [7, 11) is 0. The fourth-order valence-electron chi connectivity index (χ4n) is 4.66. The van der Waals surface area contributed by atoms with Crippen molar-refractivity contribution in [2.45, 2.75) is 45.2 Å². The number of carbonyl (C=O) groups is 2. The zero-order chi connectivity index (χ0) is 22.8. The largest absolute Gasteiger partial charge is 0.448 e. The average molecular weight is 451 g/mol. The molecule has 9 nitrogen and oxygen atoms in total. The molecule has 3 amide bonds. The van der Waals surface area contributed by atoms with Gasteiger partial charge in [0.2, 0.25) is 11.8 Å². The molecule has 0 spiro atoms. The third-order valence-corrected chi connectivity index (χ3v) is 6.49. The van der Waals surface area contributed by atoms with Crippen LogP contribution in [-0.4, -0.2) is 69.0 Å². The number of likely N-dealkylation sites (tertiary alicyclic amines) is 1. The standard InChI is InChI=1S/C24H30N6O3/c1-17-5-6-21-18(12-17)13-19(27-21)15-26-24(32)30(29-9-3-10-29)20-4-2-8-28(16-20)23(31)14-22-25-7-11-33-22/h5-7,11-13,20,27H,2-4,8-10,14-16H2,1H3,(H,26,32)/t20-/m1/s1. The second-order valence-electron chi connectivity index (χ2n) is 8.93. The van der Waals surface area contributed by atoms with Gasteiger partial charge in [0.05, 0.1) is 18.8 Å². The summed E-state index contributed by atoms with van der Waals surface area (Å²) in [6.07, 6.45) is 5.98. The maximum atomic E-state index is 13.3. The van der Waals surface area contributed by atoms with Crippen molar-refractivity contribution in [3.05, 3.63) is 53.9 Å². The molecule has 0 radical (unpaired) electrons. The maximum absolute atomic E-state index is 13.3. The minimum atomic E-state index is -0.114. The maximum Gasteiger partial charge on any atom is 0.332 e. The van der Waals surface area contributed by atoms with Gasteiger partial charge in [-0.25, -0.2) is 14.8 Å². The zero-order valence-corrected chi connectivity index (χ0v) is 18.9. The van der Waals surface area contributed by atoms with Crippen LogP contribution in [0, 0.1) is 6.92 Å². The Labute approximate surface area is 192 Å². The summed E-state index contributed by atoms with van der Waals surface area (Å²) in [5, 5.41) is 8.17. The number of hydrogen-bond donors (Lipinski definition) is 2. The van der Waals surface area contributed by atoms with Crippen LogP contribution in [0.5, 0.6) is 0 Å². The third kappa shape index (κ3) is 4.73. The van der Waals surface area contributed by atoms with Crippen LogP contribution in [0.25, 0.3) is 10.9 Å². The number of H-pyrrole nitrogens is 1. The number of fused-ring (bicyclic) bond motifs is 1.